The van der Waals surface area contributed by atoms with Crippen molar-refractivity contribution < 1.29 is 28.9 Å². The van der Waals surface area contributed by atoms with Gasteiger partial charge in [0.05, 0.1) is 26.9 Å². The van der Waals surface area contributed by atoms with Crippen LogP contribution in [0.1, 0.15) is 17.3 Å². The Morgan fingerprint density at radius 2 is 1.70 bits per heavy atom. The molecule has 0 aliphatic rings. The number of amides is 1. The number of methoxy groups -OCH3 is 3. The zero-order chi connectivity index (χ0) is 15.3. The average molecular weight is 283 g/mol. The molecule has 0 aromatic heterocycles. The lowest BCUT2D eigenvalue weighted by atomic mass is 10.1. The molecule has 1 aromatic rings. The molecular formula is C13H17NO6. The van der Waals surface area contributed by atoms with Crippen molar-refractivity contribution in [1.82, 2.24) is 5.32 Å². The van der Waals surface area contributed by atoms with Gasteiger partial charge >= 0.3 is 5.97 Å². The quantitative estimate of drug-likeness (QED) is 0.806. The molecule has 0 saturated carbocycles. The van der Waals surface area contributed by atoms with Crippen molar-refractivity contribution in [3.63, 3.8) is 0 Å². The van der Waals surface area contributed by atoms with E-state index in [2.05, 4.69) is 5.32 Å². The van der Waals surface area contributed by atoms with Crippen molar-refractivity contribution >= 4 is 11.9 Å². The normalized spacial score (nSPS) is 11.4. The summed E-state index contributed by atoms with van der Waals surface area (Å²) in [6, 6.07) is 2.01. The number of ether oxygens (including phenoxy) is 3. The second-order valence-corrected chi connectivity index (χ2v) is 3.92. The van der Waals surface area contributed by atoms with Crippen LogP contribution in [0.3, 0.4) is 0 Å². The van der Waals surface area contributed by atoms with E-state index in [1.54, 1.807) is 6.07 Å². The van der Waals surface area contributed by atoms with Crippen molar-refractivity contribution in [2.75, 3.05) is 21.3 Å². The van der Waals surface area contributed by atoms with Crippen LogP contribution < -0.4 is 19.5 Å². The van der Waals surface area contributed by atoms with Gasteiger partial charge in [-0.05, 0) is 19.1 Å². The van der Waals surface area contributed by atoms with Crippen molar-refractivity contribution in [2.24, 2.45) is 0 Å². The van der Waals surface area contributed by atoms with E-state index in [1.807, 2.05) is 0 Å². The molecule has 0 aliphatic heterocycles. The number of benzene rings is 1. The van der Waals surface area contributed by atoms with Gasteiger partial charge in [-0.25, -0.2) is 0 Å². The summed E-state index contributed by atoms with van der Waals surface area (Å²) in [6.45, 7) is 1.37. The molecule has 0 saturated heterocycles. The van der Waals surface area contributed by atoms with Crippen molar-refractivity contribution in [3.8, 4) is 17.2 Å². The average Bonchev–Trinajstić information content (AvgIpc) is 2.44. The first-order chi connectivity index (χ1) is 9.46. The lowest BCUT2D eigenvalue weighted by Gasteiger charge is -2.16. The fourth-order valence-electron chi connectivity index (χ4n) is 1.62. The van der Waals surface area contributed by atoms with E-state index in [9.17, 15) is 9.59 Å². The topological polar surface area (TPSA) is 94.1 Å². The minimum Gasteiger partial charge on any atom is -0.493 e. The molecule has 0 unspecified atom stereocenters. The Kier molecular flexibility index (Phi) is 5.19. The van der Waals surface area contributed by atoms with Crippen LogP contribution in [0.15, 0.2) is 12.1 Å². The van der Waals surface area contributed by atoms with Crippen LogP contribution in [0.25, 0.3) is 0 Å². The van der Waals surface area contributed by atoms with E-state index >= 15 is 0 Å². The van der Waals surface area contributed by atoms with Gasteiger partial charge < -0.3 is 24.6 Å². The summed E-state index contributed by atoms with van der Waals surface area (Å²) in [6.07, 6.45) is 0. The Balaban J connectivity index is 3.18. The van der Waals surface area contributed by atoms with Crippen LogP contribution in [0, 0.1) is 0 Å². The number of carbonyl (C=O) groups excluding carboxylic acids is 1. The molecule has 1 rings (SSSR count). The summed E-state index contributed by atoms with van der Waals surface area (Å²) in [5, 5.41) is 11.1. The highest BCUT2D eigenvalue weighted by Gasteiger charge is 2.23. The highest BCUT2D eigenvalue weighted by molar-refractivity contribution is 6.00. The monoisotopic (exact) mass is 283 g/mol. The zero-order valence-corrected chi connectivity index (χ0v) is 11.7. The maximum Gasteiger partial charge on any atom is 0.325 e. The first-order valence-corrected chi connectivity index (χ1v) is 5.78. The van der Waals surface area contributed by atoms with E-state index in [1.165, 1.54) is 34.3 Å². The van der Waals surface area contributed by atoms with E-state index in [0.717, 1.165) is 0 Å². The second kappa shape index (κ2) is 6.65. The van der Waals surface area contributed by atoms with E-state index in [4.69, 9.17) is 19.3 Å². The fourth-order valence-corrected chi connectivity index (χ4v) is 1.62. The van der Waals surface area contributed by atoms with Gasteiger partial charge in [-0.1, -0.05) is 0 Å². The number of carboxylic acid groups (broad SMARTS) is 1. The molecule has 1 amide bonds. The third-order valence-corrected chi connectivity index (χ3v) is 2.67. The van der Waals surface area contributed by atoms with E-state index < -0.39 is 17.9 Å². The third kappa shape index (κ3) is 3.11. The lowest BCUT2D eigenvalue weighted by molar-refractivity contribution is -0.138. The number of hydrogen-bond acceptors (Lipinski definition) is 5. The highest BCUT2D eigenvalue weighted by Crippen LogP contribution is 2.39. The number of aliphatic carboxylic acids is 1. The second-order valence-electron chi connectivity index (χ2n) is 3.92. The Morgan fingerprint density at radius 1 is 1.10 bits per heavy atom. The smallest absolute Gasteiger partial charge is 0.325 e. The number of rotatable bonds is 6. The summed E-state index contributed by atoms with van der Waals surface area (Å²) >= 11 is 0. The van der Waals surface area contributed by atoms with Crippen molar-refractivity contribution in [1.29, 1.82) is 0 Å². The Morgan fingerprint density at radius 3 is 2.15 bits per heavy atom. The van der Waals surface area contributed by atoms with Crippen molar-refractivity contribution in [2.45, 2.75) is 13.0 Å². The molecule has 20 heavy (non-hydrogen) atoms. The molecule has 0 radical (unpaired) electrons. The van der Waals surface area contributed by atoms with Gasteiger partial charge in [0, 0.05) is 0 Å². The fraction of sp³-hybridized carbons (Fsp3) is 0.385. The first kappa shape index (κ1) is 15.6. The van der Waals surface area contributed by atoms with E-state index in [0.29, 0.717) is 5.75 Å². The van der Waals surface area contributed by atoms with Crippen LogP contribution in [0.2, 0.25) is 0 Å². The van der Waals surface area contributed by atoms with Crippen LogP contribution in [0.4, 0.5) is 0 Å². The molecule has 0 bridgehead atoms. The molecule has 1 aromatic carbocycles. The number of carbonyl (C=O) groups is 2. The van der Waals surface area contributed by atoms with Gasteiger partial charge in [0.2, 0.25) is 5.75 Å². The summed E-state index contributed by atoms with van der Waals surface area (Å²) in [5.74, 6) is -0.838. The standard InChI is InChI=1S/C13H17NO6/c1-7(13(16)17)14-12(15)8-5-6-9(18-2)11(20-4)10(8)19-3/h5-7H,1-4H3,(H,14,15)(H,16,17)/t7-/m0/s1. The first-order valence-electron chi connectivity index (χ1n) is 5.78. The molecule has 1 atom stereocenters. The molecule has 0 spiro atoms. The SMILES string of the molecule is COc1ccc(C(=O)N[C@@H](C)C(=O)O)c(OC)c1OC. The number of carboxylic acids is 1. The van der Waals surface area contributed by atoms with Gasteiger partial charge in [-0.3, -0.25) is 9.59 Å². The van der Waals surface area contributed by atoms with E-state index in [-0.39, 0.29) is 17.1 Å². The third-order valence-electron chi connectivity index (χ3n) is 2.67. The van der Waals surface area contributed by atoms with Gasteiger partial charge in [0.15, 0.2) is 11.5 Å². The summed E-state index contributed by atoms with van der Waals surface area (Å²) in [5.41, 5.74) is 0.165. The summed E-state index contributed by atoms with van der Waals surface area (Å²) < 4.78 is 15.4. The minimum atomic E-state index is -1.13. The Hall–Kier alpha value is -2.44. The number of hydrogen-bond donors (Lipinski definition) is 2. The molecule has 2 N–H and O–H groups in total. The molecule has 7 nitrogen and oxygen atoms in total. The van der Waals surface area contributed by atoms with Crippen LogP contribution >= 0.6 is 0 Å². The lowest BCUT2D eigenvalue weighted by Crippen LogP contribution is -2.38. The minimum absolute atomic E-state index is 0.165. The van der Waals surface area contributed by atoms with Crippen LogP contribution in [-0.4, -0.2) is 44.4 Å². The predicted octanol–water partition coefficient (Wildman–Crippen LogP) is 0.915. The Bertz CT molecular complexity index is 514. The molecular weight excluding hydrogens is 266 g/mol. The van der Waals surface area contributed by atoms with Gasteiger partial charge in [-0.2, -0.15) is 0 Å². The van der Waals surface area contributed by atoms with Gasteiger partial charge in [0.25, 0.3) is 5.91 Å². The molecule has 7 heteroatoms. The highest BCUT2D eigenvalue weighted by atomic mass is 16.5. The Labute approximate surface area is 116 Å². The number of nitrogens with one attached hydrogen (secondary N) is 1. The van der Waals surface area contributed by atoms with Gasteiger partial charge in [0.1, 0.15) is 6.04 Å². The summed E-state index contributed by atoms with van der Waals surface area (Å²) in [7, 11) is 4.26. The zero-order valence-electron chi connectivity index (χ0n) is 11.7. The molecule has 110 valence electrons. The maximum atomic E-state index is 12.1. The van der Waals surface area contributed by atoms with Gasteiger partial charge in [-0.15, -0.1) is 0 Å². The molecule has 0 heterocycles. The summed E-state index contributed by atoms with van der Waals surface area (Å²) in [4.78, 5) is 22.8. The maximum absolute atomic E-state index is 12.1. The predicted molar refractivity (Wildman–Crippen MR) is 70.7 cm³/mol. The largest absolute Gasteiger partial charge is 0.493 e. The molecule has 0 aliphatic carbocycles. The van der Waals surface area contributed by atoms with Crippen molar-refractivity contribution in [3.05, 3.63) is 17.7 Å². The van der Waals surface area contributed by atoms with Crippen LogP contribution in [0.5, 0.6) is 17.2 Å². The molecule has 0 fully saturated rings. The van der Waals surface area contributed by atoms with Crippen LogP contribution in [-0.2, 0) is 4.79 Å².